The SMILES string of the molecule is CC(=O)OC(COC1CCN(CC(OC(C)=O)C(F)(F)F)CC1)C(F)(F)F. The van der Waals surface area contributed by atoms with Crippen LogP contribution in [0.1, 0.15) is 26.7 Å². The Labute approximate surface area is 151 Å². The van der Waals surface area contributed by atoms with Crippen LogP contribution in [0.4, 0.5) is 26.3 Å². The first kappa shape index (κ1) is 23.5. The van der Waals surface area contributed by atoms with Crippen LogP contribution >= 0.6 is 0 Å². The third-order valence-corrected chi connectivity index (χ3v) is 3.79. The second kappa shape index (κ2) is 9.58. The molecule has 2 atom stereocenters. The zero-order chi connectivity index (χ0) is 20.8. The molecule has 0 bridgehead atoms. The van der Waals surface area contributed by atoms with Crippen LogP contribution in [-0.2, 0) is 23.8 Å². The highest BCUT2D eigenvalue weighted by Crippen LogP contribution is 2.27. The zero-order valence-corrected chi connectivity index (χ0v) is 14.7. The maximum Gasteiger partial charge on any atom is 0.427 e. The fourth-order valence-corrected chi connectivity index (χ4v) is 2.52. The Kier molecular flexibility index (Phi) is 8.33. The number of esters is 2. The molecule has 0 N–H and O–H groups in total. The average Bonchev–Trinajstić information content (AvgIpc) is 2.49. The van der Waals surface area contributed by atoms with E-state index in [9.17, 15) is 35.9 Å². The molecular weight excluding hydrogens is 388 g/mol. The molecule has 1 aliphatic rings. The smallest absolute Gasteiger partial charge is 0.427 e. The summed E-state index contributed by atoms with van der Waals surface area (Å²) in [7, 11) is 0. The predicted molar refractivity (Wildman–Crippen MR) is 78.6 cm³/mol. The van der Waals surface area contributed by atoms with Crippen molar-refractivity contribution >= 4 is 11.9 Å². The minimum Gasteiger partial charge on any atom is -0.451 e. The number of hydrogen-bond acceptors (Lipinski definition) is 6. The zero-order valence-electron chi connectivity index (χ0n) is 14.7. The van der Waals surface area contributed by atoms with Crippen LogP contribution in [0.5, 0.6) is 0 Å². The van der Waals surface area contributed by atoms with Crippen LogP contribution in [0.2, 0.25) is 0 Å². The average molecular weight is 409 g/mol. The van der Waals surface area contributed by atoms with Crippen LogP contribution in [0, 0.1) is 0 Å². The van der Waals surface area contributed by atoms with E-state index in [0.717, 1.165) is 13.8 Å². The summed E-state index contributed by atoms with van der Waals surface area (Å²) in [6.07, 6.45) is -14.4. The van der Waals surface area contributed by atoms with Gasteiger partial charge in [0.15, 0.2) is 0 Å². The van der Waals surface area contributed by atoms with Crippen molar-refractivity contribution in [2.75, 3.05) is 26.2 Å². The van der Waals surface area contributed by atoms with Crippen molar-refractivity contribution in [1.29, 1.82) is 0 Å². The second-order valence-electron chi connectivity index (χ2n) is 6.11. The summed E-state index contributed by atoms with van der Waals surface area (Å²) in [5.41, 5.74) is 0. The largest absolute Gasteiger partial charge is 0.451 e. The van der Waals surface area contributed by atoms with E-state index in [1.807, 2.05) is 0 Å². The summed E-state index contributed by atoms with van der Waals surface area (Å²) >= 11 is 0. The molecule has 0 aromatic heterocycles. The highest BCUT2D eigenvalue weighted by Gasteiger charge is 2.45. The molecule has 0 aromatic carbocycles. The van der Waals surface area contributed by atoms with E-state index < -0.39 is 55.8 Å². The van der Waals surface area contributed by atoms with Crippen LogP contribution in [-0.4, -0.2) is 73.7 Å². The molecule has 0 saturated carbocycles. The van der Waals surface area contributed by atoms with E-state index in [1.165, 1.54) is 4.90 Å². The maximum atomic E-state index is 12.9. The van der Waals surface area contributed by atoms with Gasteiger partial charge in [-0.25, -0.2) is 0 Å². The predicted octanol–water partition coefficient (Wildman–Crippen LogP) is 2.46. The first-order valence-electron chi connectivity index (χ1n) is 8.11. The van der Waals surface area contributed by atoms with Crippen molar-refractivity contribution in [3.8, 4) is 0 Å². The Hall–Kier alpha value is -1.56. The fraction of sp³-hybridized carbons (Fsp3) is 0.867. The van der Waals surface area contributed by atoms with Gasteiger partial charge in [0, 0.05) is 33.5 Å². The molecule has 0 radical (unpaired) electrons. The minimum atomic E-state index is -4.78. The van der Waals surface area contributed by atoms with E-state index in [0.29, 0.717) is 0 Å². The lowest BCUT2D eigenvalue weighted by Crippen LogP contribution is -2.47. The number of rotatable bonds is 7. The fourth-order valence-electron chi connectivity index (χ4n) is 2.52. The summed E-state index contributed by atoms with van der Waals surface area (Å²) in [5, 5.41) is 0. The summed E-state index contributed by atoms with van der Waals surface area (Å²) in [4.78, 5) is 23.0. The van der Waals surface area contributed by atoms with Gasteiger partial charge in [0.05, 0.1) is 12.7 Å². The molecule has 27 heavy (non-hydrogen) atoms. The van der Waals surface area contributed by atoms with Gasteiger partial charge in [0.1, 0.15) is 0 Å². The van der Waals surface area contributed by atoms with E-state index in [1.54, 1.807) is 0 Å². The normalized spacial score (nSPS) is 19.4. The lowest BCUT2D eigenvalue weighted by Gasteiger charge is -2.34. The van der Waals surface area contributed by atoms with Gasteiger partial charge in [-0.1, -0.05) is 0 Å². The van der Waals surface area contributed by atoms with Crippen LogP contribution in [0.3, 0.4) is 0 Å². The highest BCUT2D eigenvalue weighted by atomic mass is 19.4. The number of hydrogen-bond donors (Lipinski definition) is 0. The molecule has 0 aliphatic carbocycles. The number of likely N-dealkylation sites (tertiary alicyclic amines) is 1. The van der Waals surface area contributed by atoms with Crippen LogP contribution < -0.4 is 0 Å². The number of halogens is 6. The topological polar surface area (TPSA) is 65.1 Å². The monoisotopic (exact) mass is 409 g/mol. The van der Waals surface area contributed by atoms with Crippen molar-refractivity contribution in [2.45, 2.75) is 57.4 Å². The Balaban J connectivity index is 2.49. The molecule has 158 valence electrons. The quantitative estimate of drug-likeness (QED) is 0.476. The molecule has 0 spiro atoms. The number of piperidine rings is 1. The Morgan fingerprint density at radius 3 is 1.78 bits per heavy atom. The summed E-state index contributed by atoms with van der Waals surface area (Å²) in [6, 6.07) is 0. The molecule has 1 rings (SSSR count). The summed E-state index contributed by atoms with van der Waals surface area (Å²) < 4.78 is 90.4. The lowest BCUT2D eigenvalue weighted by atomic mass is 10.1. The molecule has 6 nitrogen and oxygen atoms in total. The van der Waals surface area contributed by atoms with Gasteiger partial charge in [-0.3, -0.25) is 14.5 Å². The van der Waals surface area contributed by atoms with Crippen molar-refractivity contribution in [2.24, 2.45) is 0 Å². The van der Waals surface area contributed by atoms with Gasteiger partial charge in [0.25, 0.3) is 0 Å². The first-order valence-corrected chi connectivity index (χ1v) is 8.11. The van der Waals surface area contributed by atoms with Gasteiger partial charge >= 0.3 is 24.3 Å². The van der Waals surface area contributed by atoms with Crippen LogP contribution in [0.15, 0.2) is 0 Å². The van der Waals surface area contributed by atoms with E-state index in [2.05, 4.69) is 9.47 Å². The van der Waals surface area contributed by atoms with Gasteiger partial charge in [-0.05, 0) is 12.8 Å². The number of alkyl halides is 6. The first-order chi connectivity index (χ1) is 12.3. The molecule has 1 heterocycles. The lowest BCUT2D eigenvalue weighted by molar-refractivity contribution is -0.236. The van der Waals surface area contributed by atoms with Crippen molar-refractivity contribution < 1.29 is 50.1 Å². The molecule has 0 aromatic rings. The summed E-state index contributed by atoms with van der Waals surface area (Å²) in [5.74, 6) is -2.15. The molecule has 12 heteroatoms. The third kappa shape index (κ3) is 8.78. The van der Waals surface area contributed by atoms with Crippen molar-refractivity contribution in [1.82, 2.24) is 4.90 Å². The minimum absolute atomic E-state index is 0.128. The van der Waals surface area contributed by atoms with Gasteiger partial charge < -0.3 is 14.2 Å². The number of carbonyl (C=O) groups excluding carboxylic acids is 2. The Morgan fingerprint density at radius 2 is 1.37 bits per heavy atom. The highest BCUT2D eigenvalue weighted by molar-refractivity contribution is 5.66. The molecule has 1 fully saturated rings. The van der Waals surface area contributed by atoms with Gasteiger partial charge in [-0.15, -0.1) is 0 Å². The number of nitrogens with zero attached hydrogens (tertiary/aromatic N) is 1. The Bertz CT molecular complexity index is 502. The van der Waals surface area contributed by atoms with Crippen LogP contribution in [0.25, 0.3) is 0 Å². The molecule has 1 saturated heterocycles. The van der Waals surface area contributed by atoms with Crippen molar-refractivity contribution in [3.05, 3.63) is 0 Å². The van der Waals surface area contributed by atoms with E-state index >= 15 is 0 Å². The van der Waals surface area contributed by atoms with E-state index in [-0.39, 0.29) is 25.9 Å². The second-order valence-corrected chi connectivity index (χ2v) is 6.11. The maximum absolute atomic E-state index is 12.9. The summed E-state index contributed by atoms with van der Waals surface area (Å²) in [6.45, 7) is 0.530. The van der Waals surface area contributed by atoms with Crippen molar-refractivity contribution in [3.63, 3.8) is 0 Å². The van der Waals surface area contributed by atoms with Gasteiger partial charge in [0.2, 0.25) is 12.2 Å². The number of carbonyl (C=O) groups is 2. The molecule has 0 amide bonds. The molecule has 2 unspecified atom stereocenters. The molecular formula is C15H21F6NO5. The third-order valence-electron chi connectivity index (χ3n) is 3.79. The van der Waals surface area contributed by atoms with Gasteiger partial charge in [-0.2, -0.15) is 26.3 Å². The number of ether oxygens (including phenoxy) is 3. The molecule has 1 aliphatic heterocycles. The van der Waals surface area contributed by atoms with E-state index in [4.69, 9.17) is 4.74 Å². The standard InChI is InChI=1S/C15H21F6NO5/c1-9(23)26-12(14(16,17)18)7-22-5-3-11(4-6-22)25-8-13(15(19,20)21)27-10(2)24/h11-13H,3-8H2,1-2H3. The Morgan fingerprint density at radius 1 is 0.926 bits per heavy atom.